The molecule has 3 rings (SSSR count). The van der Waals surface area contributed by atoms with Gasteiger partial charge in [0.25, 0.3) is 5.24 Å². The Balaban J connectivity index is 1.46. The number of likely N-dealkylation sites (N-methyl/N-ethyl adjacent to an activating group) is 1. The van der Waals surface area contributed by atoms with Gasteiger partial charge in [0.05, 0.1) is 18.4 Å². The average molecular weight is 382 g/mol. The predicted octanol–water partition coefficient (Wildman–Crippen LogP) is 3.04. The highest BCUT2D eigenvalue weighted by Crippen LogP contribution is 2.24. The lowest BCUT2D eigenvalue weighted by Gasteiger charge is -2.18. The summed E-state index contributed by atoms with van der Waals surface area (Å²) in [6, 6.07) is 11.1. The van der Waals surface area contributed by atoms with Crippen LogP contribution in [0, 0.1) is 6.57 Å². The lowest BCUT2D eigenvalue weighted by Crippen LogP contribution is -2.25. The fourth-order valence-corrected chi connectivity index (χ4v) is 3.41. The number of carbonyl (C=O) groups excluding carboxylic acids is 2. The van der Waals surface area contributed by atoms with Gasteiger partial charge in [0.1, 0.15) is 18.2 Å². The summed E-state index contributed by atoms with van der Waals surface area (Å²) in [7, 11) is 1.91. The topological polar surface area (TPSA) is 75.9 Å². The third-order valence-corrected chi connectivity index (χ3v) is 5.04. The number of amides is 2. The maximum Gasteiger partial charge on any atom is 0.286 e. The number of imide groups is 1. The molecule has 1 aromatic carbocycles. The van der Waals surface area contributed by atoms with Crippen LogP contribution in [0.15, 0.2) is 42.6 Å². The summed E-state index contributed by atoms with van der Waals surface area (Å²) < 4.78 is 5.75. The van der Waals surface area contributed by atoms with Crippen LogP contribution in [0.3, 0.4) is 0 Å². The highest BCUT2D eigenvalue weighted by Gasteiger charge is 2.31. The normalized spacial score (nSPS) is 15.9. The minimum atomic E-state index is -0.361. The second-order valence-corrected chi connectivity index (χ2v) is 7.16. The number of carbonyl (C=O) groups is 2. The molecule has 8 heteroatoms. The van der Waals surface area contributed by atoms with E-state index in [0.29, 0.717) is 25.3 Å². The molecule has 1 aliphatic rings. The minimum absolute atomic E-state index is 0.230. The second-order valence-electron chi connectivity index (χ2n) is 5.99. The van der Waals surface area contributed by atoms with Gasteiger partial charge >= 0.3 is 0 Å². The minimum Gasteiger partial charge on any atom is -0.492 e. The van der Waals surface area contributed by atoms with Crippen LogP contribution in [0.4, 0.5) is 16.3 Å². The lowest BCUT2D eigenvalue weighted by molar-refractivity contribution is -0.118. The number of hydrogen-bond donors (Lipinski definition) is 1. The van der Waals surface area contributed by atoms with Crippen LogP contribution in [0.25, 0.3) is 4.85 Å². The van der Waals surface area contributed by atoms with Crippen molar-refractivity contribution >= 4 is 34.4 Å². The molecule has 27 heavy (non-hydrogen) atoms. The third-order valence-electron chi connectivity index (χ3n) is 4.06. The van der Waals surface area contributed by atoms with Crippen LogP contribution in [0.1, 0.15) is 5.56 Å². The molecule has 1 aromatic heterocycles. The summed E-state index contributed by atoms with van der Waals surface area (Å²) in [6.45, 7) is 8.07. The standard InChI is InChI=1S/C19H18N4O3S/c1-20-14-5-8-17(21-12-14)23(2)9-10-26-15-6-3-13(4-7-15)11-16-18(24)22-19(25)27-16/h3-8,12,16H,9-11H2,2H3,(H,22,24,25). The van der Waals surface area contributed by atoms with E-state index in [9.17, 15) is 9.59 Å². The first-order valence-electron chi connectivity index (χ1n) is 8.33. The Morgan fingerprint density at radius 3 is 2.63 bits per heavy atom. The average Bonchev–Trinajstić information content (AvgIpc) is 3.00. The van der Waals surface area contributed by atoms with Crippen molar-refractivity contribution in [3.63, 3.8) is 0 Å². The van der Waals surface area contributed by atoms with Crippen molar-refractivity contribution in [3.05, 3.63) is 59.6 Å². The summed E-state index contributed by atoms with van der Waals surface area (Å²) in [5.41, 5.74) is 1.49. The fraction of sp³-hybridized carbons (Fsp3) is 0.263. The van der Waals surface area contributed by atoms with Gasteiger partial charge in [-0.25, -0.2) is 4.85 Å². The summed E-state index contributed by atoms with van der Waals surface area (Å²) >= 11 is 1.03. The monoisotopic (exact) mass is 382 g/mol. The van der Waals surface area contributed by atoms with Gasteiger partial charge in [-0.3, -0.25) is 19.9 Å². The smallest absolute Gasteiger partial charge is 0.286 e. The quantitative estimate of drug-likeness (QED) is 0.742. The largest absolute Gasteiger partial charge is 0.492 e. The number of nitrogens with zero attached hydrogens (tertiary/aromatic N) is 3. The molecule has 1 unspecified atom stereocenters. The van der Waals surface area contributed by atoms with Crippen molar-refractivity contribution in [2.75, 3.05) is 25.1 Å². The van der Waals surface area contributed by atoms with Crippen LogP contribution < -0.4 is 15.0 Å². The number of anilines is 1. The Morgan fingerprint density at radius 1 is 1.26 bits per heavy atom. The predicted molar refractivity (Wildman–Crippen MR) is 104 cm³/mol. The Labute approximate surface area is 161 Å². The van der Waals surface area contributed by atoms with E-state index in [4.69, 9.17) is 11.3 Å². The SMILES string of the molecule is [C-]#[N+]c1ccc(N(C)CCOc2ccc(CC3SC(=O)NC3=O)cc2)nc1. The molecule has 138 valence electrons. The van der Waals surface area contributed by atoms with Crippen molar-refractivity contribution < 1.29 is 14.3 Å². The van der Waals surface area contributed by atoms with Crippen molar-refractivity contribution in [3.8, 4) is 5.75 Å². The van der Waals surface area contributed by atoms with Gasteiger partial charge in [0.2, 0.25) is 11.6 Å². The highest BCUT2D eigenvalue weighted by atomic mass is 32.2. The van der Waals surface area contributed by atoms with E-state index in [0.717, 1.165) is 28.9 Å². The van der Waals surface area contributed by atoms with Crippen LogP contribution in [0.5, 0.6) is 5.75 Å². The lowest BCUT2D eigenvalue weighted by atomic mass is 10.1. The zero-order valence-corrected chi connectivity index (χ0v) is 15.5. The number of ether oxygens (including phenoxy) is 1. The Bertz CT molecular complexity index is 862. The molecular weight excluding hydrogens is 364 g/mol. The Morgan fingerprint density at radius 2 is 2.04 bits per heavy atom. The van der Waals surface area contributed by atoms with Gasteiger partial charge in [-0.2, -0.15) is 0 Å². The maximum atomic E-state index is 11.6. The van der Waals surface area contributed by atoms with Gasteiger partial charge in [-0.15, -0.1) is 0 Å². The number of benzene rings is 1. The molecule has 0 bridgehead atoms. The van der Waals surface area contributed by atoms with Gasteiger partial charge < -0.3 is 9.64 Å². The Kier molecular flexibility index (Phi) is 5.94. The number of rotatable bonds is 7. The molecule has 0 saturated carbocycles. The van der Waals surface area contributed by atoms with Crippen LogP contribution in [0.2, 0.25) is 0 Å². The number of nitrogens with one attached hydrogen (secondary N) is 1. The molecule has 0 aliphatic carbocycles. The summed E-state index contributed by atoms with van der Waals surface area (Å²) in [6.07, 6.45) is 2.06. The highest BCUT2D eigenvalue weighted by molar-refractivity contribution is 8.15. The zero-order valence-electron chi connectivity index (χ0n) is 14.7. The van der Waals surface area contributed by atoms with Gasteiger partial charge in [0, 0.05) is 13.2 Å². The first-order chi connectivity index (χ1) is 13.0. The van der Waals surface area contributed by atoms with Crippen LogP contribution in [-0.2, 0) is 11.2 Å². The van der Waals surface area contributed by atoms with E-state index in [1.165, 1.54) is 0 Å². The molecule has 2 heterocycles. The van der Waals surface area contributed by atoms with E-state index in [-0.39, 0.29) is 16.4 Å². The fourth-order valence-electron chi connectivity index (χ4n) is 2.55. The number of aromatic nitrogens is 1. The first kappa shape index (κ1) is 18.7. The number of hydrogen-bond acceptors (Lipinski definition) is 6. The first-order valence-corrected chi connectivity index (χ1v) is 9.21. The van der Waals surface area contributed by atoms with E-state index < -0.39 is 0 Å². The van der Waals surface area contributed by atoms with Crippen molar-refractivity contribution in [1.29, 1.82) is 0 Å². The van der Waals surface area contributed by atoms with E-state index in [1.807, 2.05) is 42.3 Å². The van der Waals surface area contributed by atoms with Crippen molar-refractivity contribution in [2.45, 2.75) is 11.7 Å². The number of pyridine rings is 1. The van der Waals surface area contributed by atoms with Gasteiger partial charge in [0.15, 0.2) is 0 Å². The van der Waals surface area contributed by atoms with Crippen LogP contribution >= 0.6 is 11.8 Å². The summed E-state index contributed by atoms with van der Waals surface area (Å²) in [4.78, 5) is 32.3. The number of thioether (sulfide) groups is 1. The molecule has 1 atom stereocenters. The molecule has 7 nitrogen and oxygen atoms in total. The zero-order chi connectivity index (χ0) is 19.2. The van der Waals surface area contributed by atoms with E-state index in [2.05, 4.69) is 15.1 Å². The van der Waals surface area contributed by atoms with Crippen molar-refractivity contribution in [2.24, 2.45) is 0 Å². The second kappa shape index (κ2) is 8.56. The maximum absolute atomic E-state index is 11.6. The van der Waals surface area contributed by atoms with Gasteiger partial charge in [-0.1, -0.05) is 30.0 Å². The molecule has 0 spiro atoms. The van der Waals surface area contributed by atoms with E-state index in [1.54, 1.807) is 12.3 Å². The molecule has 1 fully saturated rings. The molecule has 2 aromatic rings. The summed E-state index contributed by atoms with van der Waals surface area (Å²) in [5.74, 6) is 1.29. The molecule has 1 aliphatic heterocycles. The van der Waals surface area contributed by atoms with Gasteiger partial charge in [-0.05, 0) is 30.2 Å². The molecule has 2 amide bonds. The molecule has 0 radical (unpaired) electrons. The van der Waals surface area contributed by atoms with E-state index >= 15 is 0 Å². The molecule has 1 saturated heterocycles. The Hall–Kier alpha value is -3.05. The summed E-state index contributed by atoms with van der Waals surface area (Å²) in [5, 5.41) is 1.65. The molecular formula is C19H18N4O3S. The van der Waals surface area contributed by atoms with Crippen LogP contribution in [-0.4, -0.2) is 41.6 Å². The third kappa shape index (κ3) is 4.99. The molecule has 1 N–H and O–H groups in total. The van der Waals surface area contributed by atoms with Crippen molar-refractivity contribution in [1.82, 2.24) is 10.3 Å².